The zero-order valence-electron chi connectivity index (χ0n) is 10.8. The third-order valence-electron chi connectivity index (χ3n) is 3.24. The Hall–Kier alpha value is -0.830. The molecule has 2 heterocycles. The van der Waals surface area contributed by atoms with Crippen molar-refractivity contribution < 1.29 is 0 Å². The monoisotopic (exact) mass is 253 g/mol. The van der Waals surface area contributed by atoms with Gasteiger partial charge in [0.05, 0.1) is 0 Å². The summed E-state index contributed by atoms with van der Waals surface area (Å²) in [4.78, 5) is 11.5. The summed E-state index contributed by atoms with van der Waals surface area (Å²) in [5, 5.41) is 0. The third-order valence-corrected chi connectivity index (χ3v) is 3.68. The van der Waals surface area contributed by atoms with Crippen molar-refractivity contribution in [2.24, 2.45) is 5.92 Å². The molecule has 3 nitrogen and oxygen atoms in total. The number of rotatable bonds is 3. The lowest BCUT2D eigenvalue weighted by Gasteiger charge is -2.18. The average molecular weight is 254 g/mol. The number of aromatic nitrogens is 2. The van der Waals surface area contributed by atoms with Crippen LogP contribution in [-0.2, 0) is 0 Å². The molecule has 1 atom stereocenters. The Bertz CT molecular complexity index is 392. The minimum absolute atomic E-state index is 0.446. The highest BCUT2D eigenvalue weighted by atomic mass is 35.5. The van der Waals surface area contributed by atoms with Gasteiger partial charge >= 0.3 is 0 Å². The van der Waals surface area contributed by atoms with Gasteiger partial charge in [-0.15, -0.1) is 11.6 Å². The van der Waals surface area contributed by atoms with Gasteiger partial charge in [-0.2, -0.15) is 0 Å². The van der Waals surface area contributed by atoms with E-state index in [2.05, 4.69) is 34.8 Å². The average Bonchev–Trinajstić information content (AvgIpc) is 2.76. The van der Waals surface area contributed by atoms with E-state index in [1.807, 2.05) is 6.92 Å². The smallest absolute Gasteiger partial charge is 0.225 e. The number of nitrogens with zero attached hydrogens (tertiary/aromatic N) is 3. The van der Waals surface area contributed by atoms with Gasteiger partial charge in [0.15, 0.2) is 0 Å². The van der Waals surface area contributed by atoms with E-state index < -0.39 is 0 Å². The molecule has 0 amide bonds. The summed E-state index contributed by atoms with van der Waals surface area (Å²) in [6.07, 6.45) is 1.15. The van der Waals surface area contributed by atoms with Crippen LogP contribution in [0.25, 0.3) is 0 Å². The van der Waals surface area contributed by atoms with E-state index in [9.17, 15) is 0 Å². The van der Waals surface area contributed by atoms with Gasteiger partial charge in [-0.1, -0.05) is 13.8 Å². The van der Waals surface area contributed by atoms with Crippen molar-refractivity contribution in [3.63, 3.8) is 0 Å². The molecule has 0 N–H and O–H groups in total. The molecular formula is C13H20ClN3. The molecule has 0 spiro atoms. The molecule has 0 aromatic carbocycles. The number of halogens is 1. The van der Waals surface area contributed by atoms with Crippen LogP contribution in [0.5, 0.6) is 0 Å². The van der Waals surface area contributed by atoms with Crippen LogP contribution in [0.15, 0.2) is 6.07 Å². The second kappa shape index (κ2) is 5.21. The number of alkyl halides is 1. The Morgan fingerprint density at radius 3 is 2.82 bits per heavy atom. The van der Waals surface area contributed by atoms with Crippen molar-refractivity contribution in [3.05, 3.63) is 17.5 Å². The van der Waals surface area contributed by atoms with Gasteiger partial charge < -0.3 is 4.90 Å². The topological polar surface area (TPSA) is 29.0 Å². The van der Waals surface area contributed by atoms with E-state index >= 15 is 0 Å². The molecule has 0 aliphatic carbocycles. The Balaban J connectivity index is 2.21. The van der Waals surface area contributed by atoms with Gasteiger partial charge in [0.25, 0.3) is 0 Å². The molecule has 1 aromatic heterocycles. The van der Waals surface area contributed by atoms with Crippen molar-refractivity contribution in [2.75, 3.05) is 23.9 Å². The summed E-state index contributed by atoms with van der Waals surface area (Å²) in [6, 6.07) is 2.07. The summed E-state index contributed by atoms with van der Waals surface area (Å²) in [5.74, 6) is 2.64. The zero-order chi connectivity index (χ0) is 12.4. The summed E-state index contributed by atoms with van der Waals surface area (Å²) in [5.41, 5.74) is 2.18. The Labute approximate surface area is 108 Å². The molecule has 1 aliphatic heterocycles. The molecule has 1 unspecified atom stereocenters. The van der Waals surface area contributed by atoms with E-state index in [1.54, 1.807) is 0 Å². The molecule has 0 radical (unpaired) electrons. The first-order chi connectivity index (χ1) is 8.10. The quantitative estimate of drug-likeness (QED) is 0.776. The summed E-state index contributed by atoms with van der Waals surface area (Å²) in [6.45, 7) is 8.38. The maximum atomic E-state index is 5.91. The van der Waals surface area contributed by atoms with Gasteiger partial charge in [0.1, 0.15) is 0 Å². The Morgan fingerprint density at radius 1 is 1.47 bits per heavy atom. The maximum Gasteiger partial charge on any atom is 0.225 e. The maximum absolute atomic E-state index is 5.91. The second-order valence-corrected chi connectivity index (χ2v) is 5.45. The van der Waals surface area contributed by atoms with E-state index in [0.29, 0.717) is 11.8 Å². The molecule has 1 aliphatic rings. The lowest BCUT2D eigenvalue weighted by Crippen LogP contribution is -2.23. The highest BCUT2D eigenvalue weighted by molar-refractivity contribution is 6.18. The Kier molecular flexibility index (Phi) is 3.87. The molecule has 1 fully saturated rings. The number of aryl methyl sites for hydroxylation is 1. The fourth-order valence-corrected chi connectivity index (χ4v) is 2.41. The van der Waals surface area contributed by atoms with Gasteiger partial charge in [-0.3, -0.25) is 0 Å². The fraction of sp³-hybridized carbons (Fsp3) is 0.692. The number of hydrogen-bond acceptors (Lipinski definition) is 3. The van der Waals surface area contributed by atoms with Gasteiger partial charge in [0.2, 0.25) is 5.95 Å². The molecule has 17 heavy (non-hydrogen) atoms. The lowest BCUT2D eigenvalue weighted by molar-refractivity contribution is 0.665. The highest BCUT2D eigenvalue weighted by Crippen LogP contribution is 2.23. The zero-order valence-corrected chi connectivity index (χ0v) is 11.5. The molecule has 1 aromatic rings. The van der Waals surface area contributed by atoms with Crippen LogP contribution in [0.1, 0.15) is 37.6 Å². The van der Waals surface area contributed by atoms with Gasteiger partial charge in [0, 0.05) is 30.4 Å². The van der Waals surface area contributed by atoms with Crippen LogP contribution >= 0.6 is 11.6 Å². The summed E-state index contributed by atoms with van der Waals surface area (Å²) in [7, 11) is 0. The molecule has 2 rings (SSSR count). The standard InChI is InChI=1S/C13H20ClN3/c1-9(2)12-6-10(3)15-13(16-12)17-5-4-11(7-14)8-17/h6,9,11H,4-5,7-8H2,1-3H3. The van der Waals surface area contributed by atoms with Crippen LogP contribution in [0, 0.1) is 12.8 Å². The Morgan fingerprint density at radius 2 is 2.24 bits per heavy atom. The van der Waals surface area contributed by atoms with E-state index in [1.165, 1.54) is 0 Å². The van der Waals surface area contributed by atoms with Crippen molar-refractivity contribution in [1.82, 2.24) is 9.97 Å². The third kappa shape index (κ3) is 2.89. The minimum atomic E-state index is 0.446. The van der Waals surface area contributed by atoms with E-state index in [4.69, 9.17) is 11.6 Å². The summed E-state index contributed by atoms with van der Waals surface area (Å²) < 4.78 is 0. The first-order valence-electron chi connectivity index (χ1n) is 6.26. The molecule has 4 heteroatoms. The molecule has 0 saturated carbocycles. The molecular weight excluding hydrogens is 234 g/mol. The first-order valence-corrected chi connectivity index (χ1v) is 6.80. The second-order valence-electron chi connectivity index (χ2n) is 5.14. The van der Waals surface area contributed by atoms with Gasteiger partial charge in [-0.25, -0.2) is 9.97 Å². The molecule has 1 saturated heterocycles. The molecule has 94 valence electrons. The normalized spacial score (nSPS) is 20.3. The fourth-order valence-electron chi connectivity index (χ4n) is 2.15. The minimum Gasteiger partial charge on any atom is -0.340 e. The SMILES string of the molecule is Cc1cc(C(C)C)nc(N2CCC(CCl)C2)n1. The number of hydrogen-bond donors (Lipinski definition) is 0. The van der Waals surface area contributed by atoms with Gasteiger partial charge in [-0.05, 0) is 31.2 Å². The van der Waals surface area contributed by atoms with E-state index in [0.717, 1.165) is 42.7 Å². The predicted molar refractivity (Wildman–Crippen MR) is 71.9 cm³/mol. The van der Waals surface area contributed by atoms with Crippen molar-refractivity contribution in [1.29, 1.82) is 0 Å². The van der Waals surface area contributed by atoms with Crippen molar-refractivity contribution >= 4 is 17.5 Å². The van der Waals surface area contributed by atoms with Crippen molar-refractivity contribution in [2.45, 2.75) is 33.1 Å². The largest absolute Gasteiger partial charge is 0.340 e. The lowest BCUT2D eigenvalue weighted by atomic mass is 10.1. The molecule has 0 bridgehead atoms. The highest BCUT2D eigenvalue weighted by Gasteiger charge is 2.24. The van der Waals surface area contributed by atoms with Crippen LogP contribution < -0.4 is 4.90 Å². The van der Waals surface area contributed by atoms with Crippen LogP contribution in [0.3, 0.4) is 0 Å². The van der Waals surface area contributed by atoms with E-state index in [-0.39, 0.29) is 0 Å². The summed E-state index contributed by atoms with van der Waals surface area (Å²) >= 11 is 5.91. The van der Waals surface area contributed by atoms with Crippen LogP contribution in [-0.4, -0.2) is 28.9 Å². The van der Waals surface area contributed by atoms with Crippen LogP contribution in [0.4, 0.5) is 5.95 Å². The predicted octanol–water partition coefficient (Wildman–Crippen LogP) is 2.97. The van der Waals surface area contributed by atoms with Crippen LogP contribution in [0.2, 0.25) is 0 Å². The number of anilines is 1. The first kappa shape index (κ1) is 12.6. The van der Waals surface area contributed by atoms with Crippen molar-refractivity contribution in [3.8, 4) is 0 Å².